The molecular weight excluding hydrogens is 449 g/mol. The SMILES string of the molecule is CCCCc1cc(=O)oc2c3c(c(Cl)cc12)OCN(c1ccc(Br)cc1F)C3. The second kappa shape index (κ2) is 7.76. The molecule has 4 nitrogen and oxygen atoms in total. The maximum absolute atomic E-state index is 14.4. The van der Waals surface area contributed by atoms with E-state index in [0.29, 0.717) is 38.6 Å². The fourth-order valence-electron chi connectivity index (χ4n) is 3.52. The number of nitrogens with zero attached hydrogens (tertiary/aromatic N) is 1. The Bertz CT molecular complexity index is 1110. The van der Waals surface area contributed by atoms with Crippen LogP contribution in [-0.2, 0) is 13.0 Å². The van der Waals surface area contributed by atoms with Crippen LogP contribution in [0.5, 0.6) is 5.75 Å². The quantitative estimate of drug-likeness (QED) is 0.439. The van der Waals surface area contributed by atoms with Crippen molar-refractivity contribution < 1.29 is 13.5 Å². The van der Waals surface area contributed by atoms with Crippen molar-refractivity contribution in [2.75, 3.05) is 11.6 Å². The predicted molar refractivity (Wildman–Crippen MR) is 112 cm³/mol. The first-order valence-electron chi connectivity index (χ1n) is 9.09. The van der Waals surface area contributed by atoms with E-state index in [1.165, 1.54) is 12.1 Å². The van der Waals surface area contributed by atoms with E-state index in [4.69, 9.17) is 20.8 Å². The Hall–Kier alpha value is -2.05. The number of anilines is 1. The highest BCUT2D eigenvalue weighted by atomic mass is 79.9. The third-order valence-electron chi connectivity index (χ3n) is 4.89. The summed E-state index contributed by atoms with van der Waals surface area (Å²) < 4.78 is 26.5. The van der Waals surface area contributed by atoms with Gasteiger partial charge in [0.15, 0.2) is 6.73 Å². The molecule has 0 radical (unpaired) electrons. The van der Waals surface area contributed by atoms with Gasteiger partial charge < -0.3 is 14.1 Å². The van der Waals surface area contributed by atoms with Crippen LogP contribution < -0.4 is 15.3 Å². The van der Waals surface area contributed by atoms with E-state index in [-0.39, 0.29) is 12.5 Å². The summed E-state index contributed by atoms with van der Waals surface area (Å²) in [6.45, 7) is 2.57. The molecule has 0 N–H and O–H groups in total. The zero-order valence-electron chi connectivity index (χ0n) is 15.2. The average Bonchev–Trinajstić information content (AvgIpc) is 2.67. The lowest BCUT2D eigenvalue weighted by Gasteiger charge is -2.31. The molecule has 4 rings (SSSR count). The van der Waals surface area contributed by atoms with E-state index in [9.17, 15) is 9.18 Å². The number of benzene rings is 2. The Morgan fingerprint density at radius 2 is 2.11 bits per heavy atom. The van der Waals surface area contributed by atoms with Gasteiger partial charge in [0.05, 0.1) is 22.8 Å². The van der Waals surface area contributed by atoms with E-state index < -0.39 is 5.63 Å². The third kappa shape index (κ3) is 3.51. The molecule has 146 valence electrons. The lowest BCUT2D eigenvalue weighted by atomic mass is 10.0. The van der Waals surface area contributed by atoms with Crippen LogP contribution in [0, 0.1) is 5.82 Å². The molecule has 7 heteroatoms. The lowest BCUT2D eigenvalue weighted by molar-refractivity contribution is 0.287. The summed E-state index contributed by atoms with van der Waals surface area (Å²) in [5.41, 5.74) is 2.03. The molecule has 1 aliphatic rings. The minimum absolute atomic E-state index is 0.149. The molecule has 0 spiro atoms. The van der Waals surface area contributed by atoms with Gasteiger partial charge in [0.25, 0.3) is 0 Å². The Kier molecular flexibility index (Phi) is 5.34. The first-order chi connectivity index (χ1) is 13.5. The van der Waals surface area contributed by atoms with Crippen LogP contribution in [0.2, 0.25) is 5.02 Å². The lowest BCUT2D eigenvalue weighted by Crippen LogP contribution is -2.33. The minimum Gasteiger partial charge on any atom is -0.471 e. The largest absolute Gasteiger partial charge is 0.471 e. The molecule has 0 atom stereocenters. The first-order valence-corrected chi connectivity index (χ1v) is 10.3. The van der Waals surface area contributed by atoms with Gasteiger partial charge in [0, 0.05) is 15.9 Å². The van der Waals surface area contributed by atoms with Crippen LogP contribution in [0.25, 0.3) is 11.0 Å². The molecule has 2 aromatic carbocycles. The van der Waals surface area contributed by atoms with Gasteiger partial charge in [0.2, 0.25) is 0 Å². The maximum atomic E-state index is 14.4. The molecule has 0 aliphatic carbocycles. The fraction of sp³-hybridized carbons (Fsp3) is 0.286. The molecule has 2 heterocycles. The van der Waals surface area contributed by atoms with E-state index in [1.807, 2.05) is 0 Å². The fourth-order valence-corrected chi connectivity index (χ4v) is 4.13. The maximum Gasteiger partial charge on any atom is 0.336 e. The Labute approximate surface area is 175 Å². The number of unbranched alkanes of at least 4 members (excludes halogenated alkanes) is 1. The molecule has 28 heavy (non-hydrogen) atoms. The zero-order chi connectivity index (χ0) is 19.8. The second-order valence-electron chi connectivity index (χ2n) is 6.80. The number of fused-ring (bicyclic) bond motifs is 3. The Morgan fingerprint density at radius 3 is 2.86 bits per heavy atom. The molecule has 1 aliphatic heterocycles. The van der Waals surface area contributed by atoms with Crippen LogP contribution in [0.15, 0.2) is 44.0 Å². The van der Waals surface area contributed by atoms with Crippen LogP contribution in [-0.4, -0.2) is 6.73 Å². The number of rotatable bonds is 4. The molecule has 0 bridgehead atoms. The van der Waals surface area contributed by atoms with Crippen molar-refractivity contribution in [3.05, 3.63) is 67.2 Å². The Balaban J connectivity index is 1.84. The first kappa shape index (κ1) is 19.3. The summed E-state index contributed by atoms with van der Waals surface area (Å²) in [5.74, 6) is 0.122. The summed E-state index contributed by atoms with van der Waals surface area (Å²) in [4.78, 5) is 13.9. The van der Waals surface area contributed by atoms with Crippen molar-refractivity contribution in [3.8, 4) is 5.75 Å². The monoisotopic (exact) mass is 465 g/mol. The normalized spacial score (nSPS) is 13.5. The van der Waals surface area contributed by atoms with Crippen LogP contribution >= 0.6 is 27.5 Å². The molecule has 0 saturated carbocycles. The van der Waals surface area contributed by atoms with Crippen molar-refractivity contribution in [2.24, 2.45) is 0 Å². The number of hydrogen-bond donors (Lipinski definition) is 0. The van der Waals surface area contributed by atoms with Gasteiger partial charge in [-0.1, -0.05) is 40.9 Å². The highest BCUT2D eigenvalue weighted by molar-refractivity contribution is 9.10. The summed E-state index contributed by atoms with van der Waals surface area (Å²) in [6.07, 6.45) is 2.74. The topological polar surface area (TPSA) is 42.7 Å². The average molecular weight is 467 g/mol. The molecule has 3 aromatic rings. The summed E-state index contributed by atoms with van der Waals surface area (Å²) in [5, 5.41) is 1.27. The van der Waals surface area contributed by atoms with E-state index in [0.717, 1.165) is 30.2 Å². The van der Waals surface area contributed by atoms with Gasteiger partial charge in [-0.25, -0.2) is 9.18 Å². The van der Waals surface area contributed by atoms with Crippen molar-refractivity contribution in [1.82, 2.24) is 0 Å². The van der Waals surface area contributed by atoms with E-state index in [1.54, 1.807) is 23.1 Å². The summed E-state index contributed by atoms with van der Waals surface area (Å²) in [7, 11) is 0. The van der Waals surface area contributed by atoms with Crippen LogP contribution in [0.4, 0.5) is 10.1 Å². The van der Waals surface area contributed by atoms with Gasteiger partial charge >= 0.3 is 5.63 Å². The van der Waals surface area contributed by atoms with Crippen molar-refractivity contribution in [1.29, 1.82) is 0 Å². The highest BCUT2D eigenvalue weighted by Gasteiger charge is 2.26. The third-order valence-corrected chi connectivity index (χ3v) is 5.66. The molecule has 0 unspecified atom stereocenters. The number of hydrogen-bond acceptors (Lipinski definition) is 4. The molecular formula is C21H18BrClFNO3. The second-order valence-corrected chi connectivity index (χ2v) is 8.13. The Morgan fingerprint density at radius 1 is 1.29 bits per heavy atom. The van der Waals surface area contributed by atoms with Gasteiger partial charge in [-0.3, -0.25) is 0 Å². The predicted octanol–water partition coefficient (Wildman–Crippen LogP) is 6.05. The van der Waals surface area contributed by atoms with Gasteiger partial charge in [0.1, 0.15) is 17.1 Å². The van der Waals surface area contributed by atoms with Gasteiger partial charge in [-0.05, 0) is 42.7 Å². The van der Waals surface area contributed by atoms with Crippen molar-refractivity contribution in [3.63, 3.8) is 0 Å². The smallest absolute Gasteiger partial charge is 0.336 e. The van der Waals surface area contributed by atoms with Gasteiger partial charge in [-0.15, -0.1) is 0 Å². The van der Waals surface area contributed by atoms with E-state index >= 15 is 0 Å². The van der Waals surface area contributed by atoms with Crippen molar-refractivity contribution in [2.45, 2.75) is 32.7 Å². The summed E-state index contributed by atoms with van der Waals surface area (Å²) >= 11 is 9.74. The van der Waals surface area contributed by atoms with Gasteiger partial charge in [-0.2, -0.15) is 0 Å². The molecule has 0 saturated heterocycles. The highest BCUT2D eigenvalue weighted by Crippen LogP contribution is 2.41. The van der Waals surface area contributed by atoms with Crippen molar-refractivity contribution >= 4 is 44.2 Å². The number of halogens is 3. The molecule has 0 fully saturated rings. The van der Waals surface area contributed by atoms with Crippen LogP contribution in [0.1, 0.15) is 30.9 Å². The zero-order valence-corrected chi connectivity index (χ0v) is 17.6. The summed E-state index contributed by atoms with van der Waals surface area (Å²) in [6, 6.07) is 8.18. The number of aryl methyl sites for hydroxylation is 1. The standard InChI is InChI=1S/C21H18BrClFNO3/c1-2-3-4-12-7-19(26)28-20-14(12)9-16(23)21-15(20)10-25(11-27-21)18-6-5-13(22)8-17(18)24/h5-9H,2-4,10-11H2,1H3. The molecule has 1 aromatic heterocycles. The van der Waals surface area contributed by atoms with E-state index in [2.05, 4.69) is 22.9 Å². The molecule has 0 amide bonds. The number of ether oxygens (including phenoxy) is 1. The minimum atomic E-state index is -0.407. The van der Waals surface area contributed by atoms with Crippen LogP contribution in [0.3, 0.4) is 0 Å².